The molecule has 0 aliphatic heterocycles. The van der Waals surface area contributed by atoms with E-state index in [0.717, 1.165) is 16.4 Å². The van der Waals surface area contributed by atoms with E-state index in [0.29, 0.717) is 11.4 Å². The Bertz CT molecular complexity index is 330. The number of hydrogen-bond donors (Lipinski definition) is 0. The van der Waals surface area contributed by atoms with E-state index in [-0.39, 0.29) is 5.30 Å². The summed E-state index contributed by atoms with van der Waals surface area (Å²) in [4.78, 5) is 15.0. The molecule has 0 amide bonds. The molecular weight excluding hydrogens is 254 g/mol. The highest BCUT2D eigenvalue weighted by Gasteiger charge is 2.06. The molecule has 0 aliphatic carbocycles. The van der Waals surface area contributed by atoms with Gasteiger partial charge in [0.1, 0.15) is 4.60 Å². The first-order chi connectivity index (χ1) is 6.13. The molecule has 0 radical (unpaired) electrons. The zero-order valence-electron chi connectivity index (χ0n) is 7.20. The Balaban J connectivity index is 2.83. The summed E-state index contributed by atoms with van der Waals surface area (Å²) in [6.45, 7) is 1.79. The fourth-order valence-electron chi connectivity index (χ4n) is 0.757. The van der Waals surface area contributed by atoms with Crippen LogP contribution in [0, 0.1) is 6.92 Å². The van der Waals surface area contributed by atoms with Crippen LogP contribution >= 0.6 is 27.7 Å². The van der Waals surface area contributed by atoms with Crippen molar-refractivity contribution in [1.82, 2.24) is 4.98 Å². The number of pyridine rings is 1. The van der Waals surface area contributed by atoms with Gasteiger partial charge in [-0.1, -0.05) is 0 Å². The molecule has 0 saturated heterocycles. The van der Waals surface area contributed by atoms with Crippen molar-refractivity contribution >= 4 is 33.0 Å². The number of aromatic nitrogens is 1. The summed E-state index contributed by atoms with van der Waals surface area (Å²) in [6, 6.07) is 3.44. The molecule has 5 heteroatoms. The molecule has 0 bridgehead atoms. The van der Waals surface area contributed by atoms with Gasteiger partial charge in [0.05, 0.1) is 5.69 Å². The first-order valence-electron chi connectivity index (χ1n) is 3.52. The van der Waals surface area contributed by atoms with E-state index in [4.69, 9.17) is 4.74 Å². The molecule has 0 spiro atoms. The maximum Gasteiger partial charge on any atom is 0.372 e. The Morgan fingerprint density at radius 3 is 2.85 bits per heavy atom. The molecule has 1 heterocycles. The van der Waals surface area contributed by atoms with E-state index < -0.39 is 0 Å². The van der Waals surface area contributed by atoms with E-state index in [2.05, 4.69) is 20.9 Å². The number of carbonyl (C=O) groups is 1. The van der Waals surface area contributed by atoms with E-state index >= 15 is 0 Å². The van der Waals surface area contributed by atoms with Crippen LogP contribution in [0.2, 0.25) is 0 Å². The predicted octanol–water partition coefficient (Wildman–Crippen LogP) is 3.01. The van der Waals surface area contributed by atoms with Crippen LogP contribution in [0.1, 0.15) is 5.69 Å². The minimum Gasteiger partial charge on any atom is -0.416 e. The summed E-state index contributed by atoms with van der Waals surface area (Å²) in [5, 5.41) is -0.327. The number of halogens is 1. The first kappa shape index (κ1) is 10.5. The van der Waals surface area contributed by atoms with Gasteiger partial charge in [0.25, 0.3) is 0 Å². The third-order valence-electron chi connectivity index (χ3n) is 1.36. The fourth-order valence-corrected chi connectivity index (χ4v) is 1.33. The molecule has 0 aliphatic rings. The molecule has 0 aromatic carbocycles. The second-order valence-corrected chi connectivity index (χ2v) is 3.83. The van der Waals surface area contributed by atoms with E-state index in [9.17, 15) is 4.79 Å². The van der Waals surface area contributed by atoms with Crippen molar-refractivity contribution in [3.05, 3.63) is 22.4 Å². The lowest BCUT2D eigenvalue weighted by molar-refractivity contribution is 0.226. The Morgan fingerprint density at radius 1 is 1.62 bits per heavy atom. The summed E-state index contributed by atoms with van der Waals surface area (Å²) in [5.41, 5.74) is 0.691. The van der Waals surface area contributed by atoms with Gasteiger partial charge in [-0.25, -0.2) is 9.78 Å². The Hall–Kier alpha value is -0.550. The van der Waals surface area contributed by atoms with Crippen molar-refractivity contribution in [3.8, 4) is 5.75 Å². The number of carbonyl (C=O) groups excluding carboxylic acids is 1. The molecule has 0 unspecified atom stereocenters. The summed E-state index contributed by atoms with van der Waals surface area (Å²) in [6.07, 6.45) is 1.67. The maximum absolute atomic E-state index is 10.9. The maximum atomic E-state index is 10.9. The number of nitrogens with zero attached hydrogens (tertiary/aromatic N) is 1. The monoisotopic (exact) mass is 261 g/mol. The molecule has 1 aromatic heterocycles. The Labute approximate surface area is 89.0 Å². The summed E-state index contributed by atoms with van der Waals surface area (Å²) < 4.78 is 5.72. The van der Waals surface area contributed by atoms with Crippen molar-refractivity contribution in [3.63, 3.8) is 0 Å². The standard InChI is InChI=1S/C8H8BrNO2S/c1-5-6(12-8(11)13-2)3-4-7(9)10-5/h3-4H,1-2H3. The van der Waals surface area contributed by atoms with Gasteiger partial charge < -0.3 is 4.74 Å². The van der Waals surface area contributed by atoms with Crippen LogP contribution < -0.4 is 4.74 Å². The van der Waals surface area contributed by atoms with Crippen LogP contribution in [-0.2, 0) is 0 Å². The molecule has 0 saturated carbocycles. The molecule has 1 rings (SSSR count). The van der Waals surface area contributed by atoms with Crippen molar-refractivity contribution in [2.75, 3.05) is 6.26 Å². The molecule has 70 valence electrons. The summed E-state index contributed by atoms with van der Waals surface area (Å²) in [5.74, 6) is 0.502. The zero-order chi connectivity index (χ0) is 9.84. The van der Waals surface area contributed by atoms with Gasteiger partial charge in [0, 0.05) is 0 Å². The minimum atomic E-state index is -0.327. The normalized spacial score (nSPS) is 9.77. The number of aryl methyl sites for hydroxylation is 1. The number of ether oxygens (including phenoxy) is 1. The third-order valence-corrected chi connectivity index (χ3v) is 2.22. The quantitative estimate of drug-likeness (QED) is 0.576. The molecular formula is C8H8BrNO2S. The van der Waals surface area contributed by atoms with Gasteiger partial charge in [-0.3, -0.25) is 0 Å². The minimum absolute atomic E-state index is 0.327. The summed E-state index contributed by atoms with van der Waals surface area (Å²) >= 11 is 4.25. The lowest BCUT2D eigenvalue weighted by Crippen LogP contribution is -2.01. The van der Waals surface area contributed by atoms with Crippen molar-refractivity contribution in [2.45, 2.75) is 6.92 Å². The first-order valence-corrected chi connectivity index (χ1v) is 5.54. The second-order valence-electron chi connectivity index (χ2n) is 2.27. The van der Waals surface area contributed by atoms with Crippen LogP contribution in [0.4, 0.5) is 4.79 Å². The Morgan fingerprint density at radius 2 is 2.31 bits per heavy atom. The van der Waals surface area contributed by atoms with Crippen LogP contribution in [0.3, 0.4) is 0 Å². The molecule has 0 N–H and O–H groups in total. The van der Waals surface area contributed by atoms with Gasteiger partial charge in [-0.15, -0.1) is 0 Å². The lowest BCUT2D eigenvalue weighted by atomic mass is 10.3. The van der Waals surface area contributed by atoms with E-state index in [1.807, 2.05) is 0 Å². The fraction of sp³-hybridized carbons (Fsp3) is 0.250. The SMILES string of the molecule is CSC(=O)Oc1ccc(Br)nc1C. The average Bonchev–Trinajstić information content (AvgIpc) is 2.09. The van der Waals surface area contributed by atoms with Crippen molar-refractivity contribution < 1.29 is 9.53 Å². The highest BCUT2D eigenvalue weighted by atomic mass is 79.9. The third kappa shape index (κ3) is 3.00. The molecule has 3 nitrogen and oxygen atoms in total. The van der Waals surface area contributed by atoms with Gasteiger partial charge >= 0.3 is 5.30 Å². The van der Waals surface area contributed by atoms with E-state index in [1.165, 1.54) is 0 Å². The van der Waals surface area contributed by atoms with Gasteiger partial charge in [-0.2, -0.15) is 0 Å². The van der Waals surface area contributed by atoms with Crippen molar-refractivity contribution in [2.24, 2.45) is 0 Å². The summed E-state index contributed by atoms with van der Waals surface area (Å²) in [7, 11) is 0. The van der Waals surface area contributed by atoms with Crippen LogP contribution in [0.5, 0.6) is 5.75 Å². The molecule has 0 atom stereocenters. The number of rotatable bonds is 1. The number of hydrogen-bond acceptors (Lipinski definition) is 4. The molecule has 1 aromatic rings. The molecule has 0 fully saturated rings. The predicted molar refractivity (Wildman–Crippen MR) is 56.2 cm³/mol. The number of thioether (sulfide) groups is 1. The Kier molecular flexibility index (Phi) is 3.74. The highest BCUT2D eigenvalue weighted by molar-refractivity contribution is 9.10. The van der Waals surface area contributed by atoms with Crippen LogP contribution in [0.15, 0.2) is 16.7 Å². The van der Waals surface area contributed by atoms with E-state index in [1.54, 1.807) is 25.3 Å². The average molecular weight is 262 g/mol. The zero-order valence-corrected chi connectivity index (χ0v) is 9.61. The van der Waals surface area contributed by atoms with Gasteiger partial charge in [-0.05, 0) is 53.0 Å². The highest BCUT2D eigenvalue weighted by Crippen LogP contribution is 2.20. The van der Waals surface area contributed by atoms with Gasteiger partial charge in [0.2, 0.25) is 0 Å². The molecule has 13 heavy (non-hydrogen) atoms. The largest absolute Gasteiger partial charge is 0.416 e. The van der Waals surface area contributed by atoms with Crippen LogP contribution in [-0.4, -0.2) is 16.5 Å². The van der Waals surface area contributed by atoms with Crippen molar-refractivity contribution in [1.29, 1.82) is 0 Å². The topological polar surface area (TPSA) is 39.2 Å². The smallest absolute Gasteiger partial charge is 0.372 e. The van der Waals surface area contributed by atoms with Crippen LogP contribution in [0.25, 0.3) is 0 Å². The second kappa shape index (κ2) is 4.62. The van der Waals surface area contributed by atoms with Gasteiger partial charge in [0.15, 0.2) is 5.75 Å². The lowest BCUT2D eigenvalue weighted by Gasteiger charge is -2.04.